The molecule has 0 radical (unpaired) electrons. The number of Topliss-reactive ketones (excluding diaryl/α,β-unsaturated/α-hetero) is 1. The molecule has 0 spiro atoms. The molecule has 98 valence electrons. The maximum atomic E-state index is 12.1. The molecular formula is C15H20ClNO. The van der Waals surface area contributed by atoms with E-state index in [-0.39, 0.29) is 5.78 Å². The second-order valence-electron chi connectivity index (χ2n) is 5.06. The molecule has 3 heteroatoms. The number of piperidine rings is 1. The number of halogens is 1. The fraction of sp³-hybridized carbons (Fsp3) is 0.533. The molecule has 1 fully saturated rings. The van der Waals surface area contributed by atoms with Crippen LogP contribution < -0.4 is 0 Å². The second-order valence-corrected chi connectivity index (χ2v) is 5.50. The lowest BCUT2D eigenvalue weighted by Crippen LogP contribution is -2.37. The molecule has 1 aliphatic rings. The molecule has 1 aromatic carbocycles. The van der Waals surface area contributed by atoms with Gasteiger partial charge in [-0.25, -0.2) is 0 Å². The number of hydrogen-bond donors (Lipinski definition) is 0. The van der Waals surface area contributed by atoms with E-state index in [2.05, 4.69) is 11.8 Å². The van der Waals surface area contributed by atoms with E-state index in [0.29, 0.717) is 11.6 Å². The number of carbonyl (C=O) groups excluding carboxylic acids is 1. The topological polar surface area (TPSA) is 20.3 Å². The van der Waals surface area contributed by atoms with Gasteiger partial charge in [-0.15, -0.1) is 0 Å². The van der Waals surface area contributed by atoms with E-state index < -0.39 is 0 Å². The molecule has 0 amide bonds. The Bertz CT molecular complexity index is 411. The molecule has 2 rings (SSSR count). The third kappa shape index (κ3) is 3.56. The van der Waals surface area contributed by atoms with Crippen molar-refractivity contribution in [1.82, 2.24) is 4.90 Å². The Labute approximate surface area is 114 Å². The summed E-state index contributed by atoms with van der Waals surface area (Å²) in [6.45, 7) is 4.86. The van der Waals surface area contributed by atoms with Gasteiger partial charge in [0.2, 0.25) is 0 Å². The van der Waals surface area contributed by atoms with Crippen molar-refractivity contribution in [3.05, 3.63) is 34.9 Å². The van der Waals surface area contributed by atoms with Crippen LogP contribution in [0.4, 0.5) is 0 Å². The third-order valence-corrected chi connectivity index (χ3v) is 4.03. The average molecular weight is 266 g/mol. The summed E-state index contributed by atoms with van der Waals surface area (Å²) in [5, 5.41) is 0.630. The highest BCUT2D eigenvalue weighted by atomic mass is 35.5. The van der Waals surface area contributed by atoms with Crippen LogP contribution >= 0.6 is 11.6 Å². The first kappa shape index (κ1) is 13.6. The third-order valence-electron chi connectivity index (χ3n) is 3.80. The maximum Gasteiger partial charge on any atom is 0.176 e. The van der Waals surface area contributed by atoms with E-state index in [1.165, 1.54) is 19.3 Å². The summed E-state index contributed by atoms with van der Waals surface area (Å²) in [5.41, 5.74) is 0.722. The van der Waals surface area contributed by atoms with Gasteiger partial charge in [-0.2, -0.15) is 0 Å². The second kappa shape index (κ2) is 6.35. The van der Waals surface area contributed by atoms with Crippen molar-refractivity contribution in [2.45, 2.75) is 26.2 Å². The van der Waals surface area contributed by atoms with Crippen LogP contribution in [0.3, 0.4) is 0 Å². The summed E-state index contributed by atoms with van der Waals surface area (Å²) in [7, 11) is 0. The molecule has 0 aromatic heterocycles. The Morgan fingerprint density at radius 3 is 2.72 bits per heavy atom. The molecule has 0 bridgehead atoms. The molecule has 0 aliphatic carbocycles. The van der Waals surface area contributed by atoms with Gasteiger partial charge < -0.3 is 0 Å². The van der Waals surface area contributed by atoms with Gasteiger partial charge in [0.15, 0.2) is 5.78 Å². The van der Waals surface area contributed by atoms with Crippen LogP contribution in [0.1, 0.15) is 36.5 Å². The highest BCUT2D eigenvalue weighted by Gasteiger charge is 2.20. The number of likely N-dealkylation sites (tertiary alicyclic amines) is 1. The van der Waals surface area contributed by atoms with Crippen molar-refractivity contribution >= 4 is 17.4 Å². The molecule has 18 heavy (non-hydrogen) atoms. The number of rotatable bonds is 4. The molecule has 0 atom stereocenters. The number of benzene rings is 1. The van der Waals surface area contributed by atoms with Gasteiger partial charge in [0.1, 0.15) is 0 Å². The summed E-state index contributed by atoms with van der Waals surface area (Å²) in [6, 6.07) is 7.22. The number of hydrogen-bond acceptors (Lipinski definition) is 2. The van der Waals surface area contributed by atoms with E-state index in [1.54, 1.807) is 12.1 Å². The minimum atomic E-state index is 0.174. The van der Waals surface area contributed by atoms with E-state index in [4.69, 9.17) is 11.6 Å². The monoisotopic (exact) mass is 265 g/mol. The van der Waals surface area contributed by atoms with Crippen molar-refractivity contribution in [3.8, 4) is 0 Å². The predicted octanol–water partition coefficient (Wildman–Crippen LogP) is 3.64. The van der Waals surface area contributed by atoms with Crippen LogP contribution in [0.25, 0.3) is 0 Å². The van der Waals surface area contributed by atoms with E-state index >= 15 is 0 Å². The summed E-state index contributed by atoms with van der Waals surface area (Å²) < 4.78 is 0. The Balaban J connectivity index is 1.89. The SMILES string of the molecule is CCC1CCN(CC(=O)c2cccc(Cl)c2)CC1. The number of nitrogens with zero attached hydrogens (tertiary/aromatic N) is 1. The van der Waals surface area contributed by atoms with Gasteiger partial charge in [-0.3, -0.25) is 9.69 Å². The van der Waals surface area contributed by atoms with Gasteiger partial charge in [0.25, 0.3) is 0 Å². The van der Waals surface area contributed by atoms with Crippen molar-refractivity contribution in [2.75, 3.05) is 19.6 Å². The van der Waals surface area contributed by atoms with Crippen LogP contribution in [0, 0.1) is 5.92 Å². The van der Waals surface area contributed by atoms with E-state index in [1.807, 2.05) is 12.1 Å². The molecular weight excluding hydrogens is 246 g/mol. The number of ketones is 1. The molecule has 0 N–H and O–H groups in total. The Hall–Kier alpha value is -0.860. The Kier molecular flexibility index (Phi) is 4.79. The van der Waals surface area contributed by atoms with Crippen molar-refractivity contribution < 1.29 is 4.79 Å². The molecule has 1 saturated heterocycles. The van der Waals surface area contributed by atoms with Gasteiger partial charge in [-0.1, -0.05) is 37.1 Å². The Morgan fingerprint density at radius 1 is 1.39 bits per heavy atom. The Morgan fingerprint density at radius 2 is 2.11 bits per heavy atom. The van der Waals surface area contributed by atoms with Crippen LogP contribution in [-0.4, -0.2) is 30.3 Å². The van der Waals surface area contributed by atoms with Crippen molar-refractivity contribution in [2.24, 2.45) is 5.92 Å². The fourth-order valence-electron chi connectivity index (χ4n) is 2.51. The first-order valence-corrected chi connectivity index (χ1v) is 7.08. The van der Waals surface area contributed by atoms with Gasteiger partial charge in [0.05, 0.1) is 6.54 Å². The largest absolute Gasteiger partial charge is 0.296 e. The maximum absolute atomic E-state index is 12.1. The first-order valence-electron chi connectivity index (χ1n) is 6.70. The summed E-state index contributed by atoms with van der Waals surface area (Å²) in [5.74, 6) is 1.02. The molecule has 2 nitrogen and oxygen atoms in total. The van der Waals surface area contributed by atoms with Crippen LogP contribution in [0.15, 0.2) is 24.3 Å². The van der Waals surface area contributed by atoms with Gasteiger partial charge >= 0.3 is 0 Å². The lowest BCUT2D eigenvalue weighted by molar-refractivity contribution is 0.0894. The molecule has 0 saturated carbocycles. The normalized spacial score (nSPS) is 17.9. The average Bonchev–Trinajstić information content (AvgIpc) is 2.39. The van der Waals surface area contributed by atoms with Crippen molar-refractivity contribution in [3.63, 3.8) is 0 Å². The highest BCUT2D eigenvalue weighted by Crippen LogP contribution is 2.20. The molecule has 1 heterocycles. The van der Waals surface area contributed by atoms with Crippen LogP contribution in [0.5, 0.6) is 0 Å². The molecule has 1 aliphatic heterocycles. The minimum absolute atomic E-state index is 0.174. The zero-order chi connectivity index (χ0) is 13.0. The summed E-state index contributed by atoms with van der Waals surface area (Å²) in [4.78, 5) is 14.4. The van der Waals surface area contributed by atoms with E-state index in [9.17, 15) is 4.79 Å². The fourth-order valence-corrected chi connectivity index (χ4v) is 2.70. The van der Waals surface area contributed by atoms with Gasteiger partial charge in [-0.05, 0) is 44.0 Å². The first-order chi connectivity index (χ1) is 8.69. The summed E-state index contributed by atoms with van der Waals surface area (Å²) >= 11 is 5.90. The van der Waals surface area contributed by atoms with Crippen molar-refractivity contribution in [1.29, 1.82) is 0 Å². The molecule has 1 aromatic rings. The number of carbonyl (C=O) groups is 1. The summed E-state index contributed by atoms with van der Waals surface area (Å²) in [6.07, 6.45) is 3.70. The predicted molar refractivity (Wildman–Crippen MR) is 75.2 cm³/mol. The van der Waals surface area contributed by atoms with E-state index in [0.717, 1.165) is 24.6 Å². The van der Waals surface area contributed by atoms with Crippen LogP contribution in [0.2, 0.25) is 5.02 Å². The lowest BCUT2D eigenvalue weighted by Gasteiger charge is -2.30. The zero-order valence-corrected chi connectivity index (χ0v) is 11.6. The molecule has 0 unspecified atom stereocenters. The van der Waals surface area contributed by atoms with Crippen LogP contribution in [-0.2, 0) is 0 Å². The smallest absolute Gasteiger partial charge is 0.176 e. The minimum Gasteiger partial charge on any atom is -0.296 e. The quantitative estimate of drug-likeness (QED) is 0.775. The van der Waals surface area contributed by atoms with Gasteiger partial charge in [0, 0.05) is 10.6 Å². The standard InChI is InChI=1S/C15H20ClNO/c1-2-12-6-8-17(9-7-12)11-15(18)13-4-3-5-14(16)10-13/h3-5,10,12H,2,6-9,11H2,1H3. The highest BCUT2D eigenvalue weighted by molar-refractivity contribution is 6.31. The lowest BCUT2D eigenvalue weighted by atomic mass is 9.94. The zero-order valence-electron chi connectivity index (χ0n) is 10.9.